The fourth-order valence-corrected chi connectivity index (χ4v) is 2.06. The number of anilines is 1. The molecule has 2 aromatic heterocycles. The van der Waals surface area contributed by atoms with Crippen molar-refractivity contribution in [2.45, 2.75) is 12.7 Å². The van der Waals surface area contributed by atoms with Crippen LogP contribution < -0.4 is 21.5 Å². The Morgan fingerprint density at radius 2 is 2.12 bits per heavy atom. The van der Waals surface area contributed by atoms with E-state index in [4.69, 9.17) is 16.9 Å². The molecule has 2 rings (SSSR count). The monoisotopic (exact) mass is 360 g/mol. The van der Waals surface area contributed by atoms with Crippen LogP contribution in [0.5, 0.6) is 0 Å². The van der Waals surface area contributed by atoms with E-state index in [2.05, 4.69) is 10.3 Å². The van der Waals surface area contributed by atoms with Crippen molar-refractivity contribution in [2.75, 3.05) is 11.9 Å². The van der Waals surface area contributed by atoms with Crippen LogP contribution in [0.15, 0.2) is 28.0 Å². The van der Waals surface area contributed by atoms with E-state index in [-0.39, 0.29) is 29.5 Å². The van der Waals surface area contributed by atoms with Crippen molar-refractivity contribution in [2.24, 2.45) is 0 Å². The first kappa shape index (κ1) is 17.6. The van der Waals surface area contributed by atoms with Crippen LogP contribution in [0.2, 0.25) is 5.02 Å². The average molecular weight is 361 g/mol. The van der Waals surface area contributed by atoms with E-state index < -0.39 is 23.0 Å². The van der Waals surface area contributed by atoms with E-state index in [1.807, 2.05) is 4.98 Å². The van der Waals surface area contributed by atoms with Gasteiger partial charge >= 0.3 is 11.9 Å². The Morgan fingerprint density at radius 1 is 1.42 bits per heavy atom. The third-order valence-corrected chi connectivity index (χ3v) is 3.30. The van der Waals surface area contributed by atoms with Gasteiger partial charge in [-0.25, -0.2) is 9.78 Å². The number of nitrogens with one attached hydrogen (secondary N) is 3. The summed E-state index contributed by atoms with van der Waals surface area (Å²) < 4.78 is 38.7. The van der Waals surface area contributed by atoms with E-state index in [1.165, 1.54) is 0 Å². The van der Waals surface area contributed by atoms with Crippen LogP contribution in [-0.2, 0) is 12.7 Å². The van der Waals surface area contributed by atoms with E-state index in [0.29, 0.717) is 0 Å². The summed E-state index contributed by atoms with van der Waals surface area (Å²) in [6.45, 7) is 0.161. The largest absolute Gasteiger partial charge is 0.419 e. The molecule has 7 nitrogen and oxygen atoms in total. The van der Waals surface area contributed by atoms with Crippen molar-refractivity contribution in [3.05, 3.63) is 55.4 Å². The molecule has 0 aromatic carbocycles. The van der Waals surface area contributed by atoms with Gasteiger partial charge in [-0.2, -0.15) is 18.4 Å². The van der Waals surface area contributed by atoms with Gasteiger partial charge < -0.3 is 0 Å². The summed E-state index contributed by atoms with van der Waals surface area (Å²) in [7, 11) is 0. The highest BCUT2D eigenvalue weighted by Crippen LogP contribution is 2.30. The second-order valence-corrected chi connectivity index (χ2v) is 5.05. The standard InChI is InChI=1S/C13H9ClF3N5O2/c14-9-3-8(13(15,16)17)5-20-10(9)19-1-2-22-6-7(4-18)11(23)21-12(22)24/h3,5-6H,1-2H2,(H,19,20)(H,21,23,24)/p+1. The van der Waals surface area contributed by atoms with Gasteiger partial charge in [0.25, 0.3) is 11.4 Å². The molecule has 0 amide bonds. The zero-order valence-electron chi connectivity index (χ0n) is 11.9. The molecule has 0 aliphatic carbocycles. The summed E-state index contributed by atoms with van der Waals surface area (Å²) >= 11 is 5.76. The maximum atomic E-state index is 12.5. The van der Waals surface area contributed by atoms with Crippen molar-refractivity contribution in [1.82, 2.24) is 9.55 Å². The number of alkyl halides is 3. The van der Waals surface area contributed by atoms with Gasteiger partial charge in [0.2, 0.25) is 0 Å². The number of H-pyrrole nitrogens is 2. The summed E-state index contributed by atoms with van der Waals surface area (Å²) in [4.78, 5) is 27.2. The third-order valence-electron chi connectivity index (χ3n) is 3.01. The van der Waals surface area contributed by atoms with Crippen LogP contribution in [0.1, 0.15) is 11.1 Å². The lowest BCUT2D eigenvalue weighted by Crippen LogP contribution is -2.33. The van der Waals surface area contributed by atoms with E-state index in [1.54, 1.807) is 6.07 Å². The topological polar surface area (TPSA) is 105 Å². The molecular formula is C13H10ClF3N5O2+. The second-order valence-electron chi connectivity index (χ2n) is 4.64. The van der Waals surface area contributed by atoms with Gasteiger partial charge in [-0.1, -0.05) is 11.6 Å². The van der Waals surface area contributed by atoms with Crippen molar-refractivity contribution >= 4 is 17.4 Å². The molecule has 0 saturated heterocycles. The minimum Gasteiger partial charge on any atom is -0.295 e. The van der Waals surface area contributed by atoms with Gasteiger partial charge in [-0.05, 0) is 6.07 Å². The van der Waals surface area contributed by atoms with Crippen molar-refractivity contribution in [3.8, 4) is 6.07 Å². The van der Waals surface area contributed by atoms with Crippen LogP contribution in [0.4, 0.5) is 19.0 Å². The molecular weight excluding hydrogens is 351 g/mol. The highest BCUT2D eigenvalue weighted by Gasteiger charge is 2.32. The zero-order chi connectivity index (χ0) is 17.9. The summed E-state index contributed by atoms with van der Waals surface area (Å²) in [6.07, 6.45) is -2.66. The Labute approximate surface area is 137 Å². The summed E-state index contributed by atoms with van der Waals surface area (Å²) in [5.41, 5.74) is -2.64. The quantitative estimate of drug-likeness (QED) is 0.848. The molecule has 0 aliphatic rings. The second kappa shape index (κ2) is 6.76. The number of nitriles is 1. The molecule has 2 heterocycles. The maximum Gasteiger partial charge on any atom is 0.419 e. The lowest BCUT2D eigenvalue weighted by Gasteiger charge is -2.07. The number of aromatic amines is 2. The van der Waals surface area contributed by atoms with Gasteiger partial charge in [-0.3, -0.25) is 19.7 Å². The van der Waals surface area contributed by atoms with Gasteiger partial charge in [0.15, 0.2) is 0 Å². The molecule has 11 heteroatoms. The van der Waals surface area contributed by atoms with E-state index in [9.17, 15) is 22.8 Å². The number of halogens is 4. The van der Waals surface area contributed by atoms with E-state index in [0.717, 1.165) is 23.0 Å². The minimum atomic E-state index is -4.52. The Bertz CT molecular complexity index is 914. The fourth-order valence-electron chi connectivity index (χ4n) is 1.82. The minimum absolute atomic E-state index is 0.0511. The Morgan fingerprint density at radius 3 is 2.71 bits per heavy atom. The van der Waals surface area contributed by atoms with Crippen LogP contribution in [0, 0.1) is 11.3 Å². The number of aromatic nitrogens is 3. The number of rotatable bonds is 4. The lowest BCUT2D eigenvalue weighted by atomic mass is 10.3. The van der Waals surface area contributed by atoms with Crippen LogP contribution >= 0.6 is 11.6 Å². The highest BCUT2D eigenvalue weighted by atomic mass is 35.5. The molecule has 3 N–H and O–H groups in total. The predicted molar refractivity (Wildman–Crippen MR) is 77.5 cm³/mol. The average Bonchev–Trinajstić information content (AvgIpc) is 2.49. The summed E-state index contributed by atoms with van der Waals surface area (Å²) in [6, 6.07) is 2.41. The van der Waals surface area contributed by atoms with Crippen molar-refractivity contribution < 1.29 is 18.2 Å². The van der Waals surface area contributed by atoms with Gasteiger partial charge in [-0.15, -0.1) is 0 Å². The number of hydrogen-bond acceptors (Lipinski definition) is 4. The van der Waals surface area contributed by atoms with Crippen molar-refractivity contribution in [3.63, 3.8) is 0 Å². The van der Waals surface area contributed by atoms with Gasteiger partial charge in [0.1, 0.15) is 29.4 Å². The maximum absolute atomic E-state index is 12.5. The lowest BCUT2D eigenvalue weighted by molar-refractivity contribution is -0.364. The summed E-state index contributed by atoms with van der Waals surface area (Å²) in [5.74, 6) is 0.141. The van der Waals surface area contributed by atoms with Crippen molar-refractivity contribution in [1.29, 1.82) is 5.26 Å². The fraction of sp³-hybridized carbons (Fsp3) is 0.231. The predicted octanol–water partition coefficient (Wildman–Crippen LogP) is 1.01. The molecule has 2 aromatic rings. The molecule has 126 valence electrons. The third kappa shape index (κ3) is 3.94. The number of nitrogens with zero attached hydrogens (tertiary/aromatic N) is 2. The Kier molecular flexibility index (Phi) is 4.94. The number of hydrogen-bond donors (Lipinski definition) is 2. The van der Waals surface area contributed by atoms with Gasteiger partial charge in [0.05, 0.1) is 12.1 Å². The molecule has 0 radical (unpaired) electrons. The highest BCUT2D eigenvalue weighted by molar-refractivity contribution is 6.32. The zero-order valence-corrected chi connectivity index (χ0v) is 12.6. The summed E-state index contributed by atoms with van der Waals surface area (Å²) in [5, 5.41) is 11.3. The Balaban J connectivity index is 2.09. The van der Waals surface area contributed by atoms with Gasteiger partial charge in [0, 0.05) is 6.20 Å². The van der Waals surface area contributed by atoms with E-state index >= 15 is 0 Å². The molecule has 0 aliphatic heterocycles. The first-order chi connectivity index (χ1) is 11.2. The normalized spacial score (nSPS) is 11.1. The SMILES string of the molecule is N#Cc1cn(CCNc2[nH+]cc(C(F)(F)F)cc2Cl)c(=O)[nH]c1=O. The van der Waals surface area contributed by atoms with Crippen LogP contribution in [0.3, 0.4) is 0 Å². The molecule has 0 fully saturated rings. The molecule has 0 atom stereocenters. The molecule has 24 heavy (non-hydrogen) atoms. The molecule has 0 bridgehead atoms. The van der Waals surface area contributed by atoms with Crippen LogP contribution in [0.25, 0.3) is 0 Å². The molecule has 0 saturated carbocycles. The first-order valence-electron chi connectivity index (χ1n) is 6.48. The van der Waals surface area contributed by atoms with Crippen LogP contribution in [-0.4, -0.2) is 16.1 Å². The molecule has 0 spiro atoms. The Hall–Kier alpha value is -2.80. The number of pyridine rings is 1. The first-order valence-corrected chi connectivity index (χ1v) is 6.86. The smallest absolute Gasteiger partial charge is 0.295 e. The molecule has 0 unspecified atom stereocenters.